The smallest absolute Gasteiger partial charge is 0.185 e. The van der Waals surface area contributed by atoms with Crippen molar-refractivity contribution in [3.63, 3.8) is 0 Å². The van der Waals surface area contributed by atoms with Gasteiger partial charge in [0.2, 0.25) is 0 Å². The van der Waals surface area contributed by atoms with Crippen LogP contribution in [-0.2, 0) is 7.05 Å². The van der Waals surface area contributed by atoms with E-state index >= 15 is 0 Å². The van der Waals surface area contributed by atoms with E-state index in [2.05, 4.69) is 0 Å². The lowest BCUT2D eigenvalue weighted by Gasteiger charge is -1.95. The van der Waals surface area contributed by atoms with E-state index in [9.17, 15) is 9.18 Å². The molecule has 2 aromatic carbocycles. The van der Waals surface area contributed by atoms with Crippen molar-refractivity contribution < 1.29 is 9.18 Å². The normalized spacial score (nSPS) is 11.3. The summed E-state index contributed by atoms with van der Waals surface area (Å²) in [6.07, 6.45) is 5.31. The summed E-state index contributed by atoms with van der Waals surface area (Å²) in [4.78, 5) is 12.1. The van der Waals surface area contributed by atoms with Gasteiger partial charge in [0.25, 0.3) is 0 Å². The molecule has 3 rings (SSSR count). The number of hydrogen-bond donors (Lipinski definition) is 0. The molecule has 21 heavy (non-hydrogen) atoms. The number of rotatable bonds is 3. The maximum atomic E-state index is 12.8. The van der Waals surface area contributed by atoms with Crippen LogP contribution in [0.1, 0.15) is 15.9 Å². The number of para-hydroxylation sites is 1. The van der Waals surface area contributed by atoms with E-state index in [1.54, 1.807) is 6.08 Å². The Balaban J connectivity index is 1.91. The molecular weight excluding hydrogens is 265 g/mol. The van der Waals surface area contributed by atoms with Gasteiger partial charge in [0, 0.05) is 35.3 Å². The van der Waals surface area contributed by atoms with Gasteiger partial charge in [-0.25, -0.2) is 4.39 Å². The second-order valence-corrected chi connectivity index (χ2v) is 4.92. The number of aromatic nitrogens is 1. The lowest BCUT2D eigenvalue weighted by Crippen LogP contribution is -1.93. The van der Waals surface area contributed by atoms with Crippen molar-refractivity contribution in [3.05, 3.63) is 77.7 Å². The summed E-state index contributed by atoms with van der Waals surface area (Å²) >= 11 is 0. The van der Waals surface area contributed by atoms with Gasteiger partial charge < -0.3 is 4.57 Å². The first kappa shape index (κ1) is 13.3. The average molecular weight is 279 g/mol. The van der Waals surface area contributed by atoms with Crippen molar-refractivity contribution in [3.8, 4) is 0 Å². The molecule has 3 heteroatoms. The molecule has 0 aliphatic heterocycles. The predicted molar refractivity (Wildman–Crippen MR) is 82.7 cm³/mol. The number of ketones is 1. The Morgan fingerprint density at radius 3 is 2.57 bits per heavy atom. The molecule has 2 nitrogen and oxygen atoms in total. The van der Waals surface area contributed by atoms with Crippen LogP contribution in [0.25, 0.3) is 17.0 Å². The van der Waals surface area contributed by atoms with Crippen LogP contribution in [0.15, 0.2) is 60.8 Å². The second kappa shape index (κ2) is 5.37. The summed E-state index contributed by atoms with van der Waals surface area (Å²) in [5, 5.41) is 1.10. The fraction of sp³-hybridized carbons (Fsp3) is 0.0556. The third-order valence-electron chi connectivity index (χ3n) is 3.47. The SMILES string of the molecule is Cn1cc(C=CC(=O)c2ccc(F)cc2)c2ccccc21. The number of allylic oxidation sites excluding steroid dienone is 1. The number of aryl methyl sites for hydroxylation is 1. The molecule has 0 atom stereocenters. The minimum atomic E-state index is -0.343. The van der Waals surface area contributed by atoms with Crippen LogP contribution in [-0.4, -0.2) is 10.4 Å². The standard InChI is InChI=1S/C18H14FNO/c1-20-12-14(16-4-2-3-5-17(16)20)8-11-18(21)13-6-9-15(19)10-7-13/h2-12H,1H3. The minimum Gasteiger partial charge on any atom is -0.350 e. The van der Waals surface area contributed by atoms with Crippen LogP contribution in [0.3, 0.4) is 0 Å². The molecule has 0 amide bonds. The molecule has 104 valence electrons. The zero-order chi connectivity index (χ0) is 14.8. The summed E-state index contributed by atoms with van der Waals surface area (Å²) in [5.41, 5.74) is 2.59. The van der Waals surface area contributed by atoms with E-state index in [1.807, 2.05) is 42.1 Å². The molecule has 0 saturated carbocycles. The zero-order valence-electron chi connectivity index (χ0n) is 11.6. The highest BCUT2D eigenvalue weighted by molar-refractivity contribution is 6.07. The third kappa shape index (κ3) is 2.63. The summed E-state index contributed by atoms with van der Waals surface area (Å²) in [6, 6.07) is 13.6. The van der Waals surface area contributed by atoms with Gasteiger partial charge in [0.15, 0.2) is 5.78 Å². The van der Waals surface area contributed by atoms with Gasteiger partial charge in [0.1, 0.15) is 5.82 Å². The summed E-state index contributed by atoms with van der Waals surface area (Å²) in [5.74, 6) is -0.479. The molecular formula is C18H14FNO. The molecule has 0 spiro atoms. The van der Waals surface area contributed by atoms with E-state index in [0.29, 0.717) is 5.56 Å². The molecule has 0 bridgehead atoms. The summed E-state index contributed by atoms with van der Waals surface area (Å²) in [6.45, 7) is 0. The first-order valence-electron chi connectivity index (χ1n) is 6.67. The Bertz CT molecular complexity index is 828. The molecule has 0 aliphatic rings. The molecule has 0 N–H and O–H groups in total. The fourth-order valence-electron chi connectivity index (χ4n) is 2.38. The highest BCUT2D eigenvalue weighted by Crippen LogP contribution is 2.21. The number of carbonyl (C=O) groups excluding carboxylic acids is 1. The van der Waals surface area contributed by atoms with Crippen molar-refractivity contribution in [2.45, 2.75) is 0 Å². The number of carbonyl (C=O) groups is 1. The zero-order valence-corrected chi connectivity index (χ0v) is 11.6. The van der Waals surface area contributed by atoms with Crippen molar-refractivity contribution in [2.24, 2.45) is 7.05 Å². The van der Waals surface area contributed by atoms with Gasteiger partial charge in [-0.05, 0) is 42.5 Å². The van der Waals surface area contributed by atoms with Crippen LogP contribution in [0.5, 0.6) is 0 Å². The number of benzene rings is 2. The van der Waals surface area contributed by atoms with Gasteiger partial charge >= 0.3 is 0 Å². The first-order chi connectivity index (χ1) is 10.1. The van der Waals surface area contributed by atoms with Gasteiger partial charge in [-0.1, -0.05) is 18.2 Å². The van der Waals surface area contributed by atoms with E-state index in [1.165, 1.54) is 30.3 Å². The largest absolute Gasteiger partial charge is 0.350 e. The topological polar surface area (TPSA) is 22.0 Å². The lowest BCUT2D eigenvalue weighted by molar-refractivity contribution is 0.104. The number of fused-ring (bicyclic) bond motifs is 1. The molecule has 0 unspecified atom stereocenters. The maximum Gasteiger partial charge on any atom is 0.185 e. The van der Waals surface area contributed by atoms with Gasteiger partial charge in [-0.15, -0.1) is 0 Å². The Kier molecular flexibility index (Phi) is 3.40. The van der Waals surface area contributed by atoms with Crippen LogP contribution in [0.4, 0.5) is 4.39 Å². The summed E-state index contributed by atoms with van der Waals surface area (Å²) < 4.78 is 14.9. The van der Waals surface area contributed by atoms with Crippen LogP contribution >= 0.6 is 0 Å². The Hall–Kier alpha value is -2.68. The molecule has 1 heterocycles. The predicted octanol–water partition coefficient (Wildman–Crippen LogP) is 4.21. The minimum absolute atomic E-state index is 0.136. The molecule has 0 saturated heterocycles. The Morgan fingerprint density at radius 1 is 1.10 bits per heavy atom. The number of hydrogen-bond acceptors (Lipinski definition) is 1. The first-order valence-corrected chi connectivity index (χ1v) is 6.67. The molecule has 1 aromatic heterocycles. The van der Waals surface area contributed by atoms with E-state index in [0.717, 1.165) is 16.5 Å². The molecule has 3 aromatic rings. The maximum absolute atomic E-state index is 12.8. The monoisotopic (exact) mass is 279 g/mol. The van der Waals surface area contributed by atoms with Gasteiger partial charge in [0.05, 0.1) is 0 Å². The lowest BCUT2D eigenvalue weighted by atomic mass is 10.1. The van der Waals surface area contributed by atoms with Gasteiger partial charge in [-0.2, -0.15) is 0 Å². The molecule has 0 aliphatic carbocycles. The van der Waals surface area contributed by atoms with Crippen molar-refractivity contribution in [2.75, 3.05) is 0 Å². The van der Waals surface area contributed by atoms with E-state index < -0.39 is 0 Å². The van der Waals surface area contributed by atoms with E-state index in [4.69, 9.17) is 0 Å². The highest BCUT2D eigenvalue weighted by atomic mass is 19.1. The fourth-order valence-corrected chi connectivity index (χ4v) is 2.38. The van der Waals surface area contributed by atoms with Gasteiger partial charge in [-0.3, -0.25) is 4.79 Å². The molecule has 0 radical (unpaired) electrons. The van der Waals surface area contributed by atoms with Crippen LogP contribution < -0.4 is 0 Å². The Labute approximate surface area is 122 Å². The van der Waals surface area contributed by atoms with Crippen LogP contribution in [0, 0.1) is 5.82 Å². The number of nitrogens with zero attached hydrogens (tertiary/aromatic N) is 1. The van der Waals surface area contributed by atoms with Crippen molar-refractivity contribution in [1.82, 2.24) is 4.57 Å². The second-order valence-electron chi connectivity index (χ2n) is 4.92. The quantitative estimate of drug-likeness (QED) is 0.520. The number of halogens is 1. The summed E-state index contributed by atoms with van der Waals surface area (Å²) in [7, 11) is 1.97. The third-order valence-corrected chi connectivity index (χ3v) is 3.47. The van der Waals surface area contributed by atoms with Crippen molar-refractivity contribution in [1.29, 1.82) is 0 Å². The average Bonchev–Trinajstić information content (AvgIpc) is 2.83. The Morgan fingerprint density at radius 2 is 1.81 bits per heavy atom. The van der Waals surface area contributed by atoms with E-state index in [-0.39, 0.29) is 11.6 Å². The highest BCUT2D eigenvalue weighted by Gasteiger charge is 2.05. The van der Waals surface area contributed by atoms with Crippen molar-refractivity contribution >= 4 is 22.8 Å². The molecule has 0 fully saturated rings. The van der Waals surface area contributed by atoms with Crippen LogP contribution in [0.2, 0.25) is 0 Å².